The van der Waals surface area contributed by atoms with Gasteiger partial charge in [-0.25, -0.2) is 4.98 Å². The summed E-state index contributed by atoms with van der Waals surface area (Å²) in [5.41, 5.74) is 0.975. The number of ether oxygens (including phenoxy) is 1. The van der Waals surface area contributed by atoms with Gasteiger partial charge in [0.2, 0.25) is 11.8 Å². The molecule has 0 aromatic carbocycles. The third kappa shape index (κ3) is 2.98. The summed E-state index contributed by atoms with van der Waals surface area (Å²) in [4.78, 5) is 16.1. The van der Waals surface area contributed by atoms with Crippen LogP contribution >= 0.6 is 0 Å². The van der Waals surface area contributed by atoms with Crippen molar-refractivity contribution >= 4 is 5.91 Å². The number of nitrogens with zero attached hydrogens (tertiary/aromatic N) is 1. The van der Waals surface area contributed by atoms with Gasteiger partial charge < -0.3 is 15.4 Å². The molecule has 5 nitrogen and oxygen atoms in total. The highest BCUT2D eigenvalue weighted by molar-refractivity contribution is 5.79. The molecule has 0 saturated carbocycles. The Hall–Kier alpha value is -1.62. The molecule has 1 aromatic heterocycles. The van der Waals surface area contributed by atoms with E-state index in [1.807, 2.05) is 6.07 Å². The van der Waals surface area contributed by atoms with Crippen LogP contribution in [0.4, 0.5) is 0 Å². The Bertz CT molecular complexity index is 405. The Morgan fingerprint density at radius 3 is 2.94 bits per heavy atom. The summed E-state index contributed by atoms with van der Waals surface area (Å²) in [5.74, 6) is 1.18. The first-order valence-corrected chi connectivity index (χ1v) is 6.18. The Balaban J connectivity index is 1.85. The molecule has 5 heteroatoms. The van der Waals surface area contributed by atoms with Gasteiger partial charge in [0.1, 0.15) is 0 Å². The number of methoxy groups -OCH3 is 1. The maximum absolute atomic E-state index is 12.0. The van der Waals surface area contributed by atoms with Gasteiger partial charge in [0.05, 0.1) is 13.0 Å². The first kappa shape index (κ1) is 12.8. The zero-order chi connectivity index (χ0) is 13.0. The fraction of sp³-hybridized carbons (Fsp3) is 0.538. The van der Waals surface area contributed by atoms with E-state index >= 15 is 0 Å². The standard InChI is InChI=1S/C13H19N3O2/c1-9-5-14-8-11(9)13(17)16-7-10-3-4-12(18-2)15-6-10/h3-4,6,9,11,14H,5,7-8H2,1-2H3,(H,16,17)/t9-,11-/m1/s1. The van der Waals surface area contributed by atoms with Crippen molar-refractivity contribution in [3.05, 3.63) is 23.9 Å². The highest BCUT2D eigenvalue weighted by atomic mass is 16.5. The van der Waals surface area contributed by atoms with E-state index in [-0.39, 0.29) is 11.8 Å². The molecule has 0 unspecified atom stereocenters. The molecule has 2 N–H and O–H groups in total. The molecule has 98 valence electrons. The van der Waals surface area contributed by atoms with Gasteiger partial charge in [-0.1, -0.05) is 13.0 Å². The molecular weight excluding hydrogens is 230 g/mol. The molecule has 0 radical (unpaired) electrons. The van der Waals surface area contributed by atoms with Crippen molar-refractivity contribution < 1.29 is 9.53 Å². The minimum Gasteiger partial charge on any atom is -0.481 e. The lowest BCUT2D eigenvalue weighted by Gasteiger charge is -2.14. The second kappa shape index (κ2) is 5.82. The van der Waals surface area contributed by atoms with Crippen molar-refractivity contribution in [3.8, 4) is 5.88 Å². The van der Waals surface area contributed by atoms with Crippen molar-refractivity contribution in [2.45, 2.75) is 13.5 Å². The van der Waals surface area contributed by atoms with Crippen LogP contribution < -0.4 is 15.4 Å². The van der Waals surface area contributed by atoms with Gasteiger partial charge >= 0.3 is 0 Å². The van der Waals surface area contributed by atoms with E-state index in [0.29, 0.717) is 18.3 Å². The minimum atomic E-state index is 0.0798. The van der Waals surface area contributed by atoms with Gasteiger partial charge in [-0.05, 0) is 18.0 Å². The first-order chi connectivity index (χ1) is 8.70. The quantitative estimate of drug-likeness (QED) is 0.818. The molecule has 1 aliphatic rings. The largest absolute Gasteiger partial charge is 0.481 e. The lowest BCUT2D eigenvalue weighted by Crippen LogP contribution is -2.33. The number of hydrogen-bond donors (Lipinski definition) is 2. The van der Waals surface area contributed by atoms with E-state index < -0.39 is 0 Å². The fourth-order valence-electron chi connectivity index (χ4n) is 2.12. The molecule has 1 fully saturated rings. The number of amides is 1. The SMILES string of the molecule is COc1ccc(CNC(=O)[C@@H]2CNC[C@H]2C)cn1. The Kier molecular flexibility index (Phi) is 4.15. The fourth-order valence-corrected chi connectivity index (χ4v) is 2.12. The molecular formula is C13H19N3O2. The normalized spacial score (nSPS) is 22.8. The van der Waals surface area contributed by atoms with Crippen molar-refractivity contribution in [1.82, 2.24) is 15.6 Å². The summed E-state index contributed by atoms with van der Waals surface area (Å²) >= 11 is 0. The summed E-state index contributed by atoms with van der Waals surface area (Å²) in [6.45, 7) is 4.30. The number of pyridine rings is 1. The lowest BCUT2D eigenvalue weighted by molar-refractivity contribution is -0.125. The summed E-state index contributed by atoms with van der Waals surface area (Å²) in [6.07, 6.45) is 1.72. The molecule has 1 aromatic rings. The molecule has 0 aliphatic carbocycles. The van der Waals surface area contributed by atoms with Crippen molar-refractivity contribution in [2.24, 2.45) is 11.8 Å². The van der Waals surface area contributed by atoms with Crippen LogP contribution in [0.5, 0.6) is 5.88 Å². The van der Waals surface area contributed by atoms with Crippen LogP contribution in [0.3, 0.4) is 0 Å². The predicted octanol–water partition coefficient (Wildman–Crippen LogP) is 0.562. The van der Waals surface area contributed by atoms with E-state index in [1.165, 1.54) is 0 Å². The Morgan fingerprint density at radius 2 is 2.39 bits per heavy atom. The average Bonchev–Trinajstić information content (AvgIpc) is 2.83. The molecule has 1 aliphatic heterocycles. The average molecular weight is 249 g/mol. The van der Waals surface area contributed by atoms with Gasteiger partial charge in [-0.2, -0.15) is 0 Å². The van der Waals surface area contributed by atoms with E-state index in [4.69, 9.17) is 4.74 Å². The molecule has 2 atom stereocenters. The van der Waals surface area contributed by atoms with E-state index in [1.54, 1.807) is 19.4 Å². The summed E-state index contributed by atoms with van der Waals surface area (Å²) in [5, 5.41) is 6.18. The van der Waals surface area contributed by atoms with Crippen LogP contribution in [-0.4, -0.2) is 31.1 Å². The number of carbonyl (C=O) groups excluding carboxylic acids is 1. The van der Waals surface area contributed by atoms with Gasteiger partial charge in [0, 0.05) is 25.4 Å². The minimum absolute atomic E-state index is 0.0798. The van der Waals surface area contributed by atoms with E-state index in [0.717, 1.165) is 18.7 Å². The molecule has 2 rings (SSSR count). The number of rotatable bonds is 4. The number of hydrogen-bond acceptors (Lipinski definition) is 4. The zero-order valence-electron chi connectivity index (χ0n) is 10.8. The van der Waals surface area contributed by atoms with E-state index in [9.17, 15) is 4.79 Å². The topological polar surface area (TPSA) is 63.2 Å². The molecule has 1 amide bonds. The molecule has 2 heterocycles. The number of nitrogens with one attached hydrogen (secondary N) is 2. The number of carbonyl (C=O) groups is 1. The molecule has 18 heavy (non-hydrogen) atoms. The summed E-state index contributed by atoms with van der Waals surface area (Å²) < 4.78 is 4.98. The van der Waals surface area contributed by atoms with Crippen molar-refractivity contribution in [1.29, 1.82) is 0 Å². The van der Waals surface area contributed by atoms with Gasteiger partial charge in [-0.3, -0.25) is 4.79 Å². The van der Waals surface area contributed by atoms with Crippen LogP contribution in [0.15, 0.2) is 18.3 Å². The van der Waals surface area contributed by atoms with E-state index in [2.05, 4.69) is 22.5 Å². The highest BCUT2D eigenvalue weighted by Crippen LogP contribution is 2.16. The third-order valence-electron chi connectivity index (χ3n) is 3.33. The molecule has 0 spiro atoms. The van der Waals surface area contributed by atoms with Crippen molar-refractivity contribution in [2.75, 3.05) is 20.2 Å². The van der Waals surface area contributed by atoms with Crippen LogP contribution in [0.2, 0.25) is 0 Å². The van der Waals surface area contributed by atoms with Crippen molar-refractivity contribution in [3.63, 3.8) is 0 Å². The van der Waals surface area contributed by atoms with Crippen LogP contribution in [0, 0.1) is 11.8 Å². The predicted molar refractivity (Wildman–Crippen MR) is 68.2 cm³/mol. The summed E-state index contributed by atoms with van der Waals surface area (Å²) in [6, 6.07) is 3.70. The highest BCUT2D eigenvalue weighted by Gasteiger charge is 2.29. The third-order valence-corrected chi connectivity index (χ3v) is 3.33. The zero-order valence-corrected chi connectivity index (χ0v) is 10.8. The lowest BCUT2D eigenvalue weighted by atomic mass is 9.97. The van der Waals surface area contributed by atoms with Gasteiger partial charge in [0.25, 0.3) is 0 Å². The van der Waals surface area contributed by atoms with Gasteiger partial charge in [0.15, 0.2) is 0 Å². The first-order valence-electron chi connectivity index (χ1n) is 6.18. The summed E-state index contributed by atoms with van der Waals surface area (Å²) in [7, 11) is 1.58. The maximum Gasteiger partial charge on any atom is 0.224 e. The second-order valence-electron chi connectivity index (χ2n) is 4.67. The second-order valence-corrected chi connectivity index (χ2v) is 4.67. The Labute approximate surface area is 107 Å². The molecule has 0 bridgehead atoms. The maximum atomic E-state index is 12.0. The van der Waals surface area contributed by atoms with Gasteiger partial charge in [-0.15, -0.1) is 0 Å². The monoisotopic (exact) mass is 249 g/mol. The Morgan fingerprint density at radius 1 is 1.56 bits per heavy atom. The number of aromatic nitrogens is 1. The molecule has 1 saturated heterocycles. The van der Waals surface area contributed by atoms with Crippen LogP contribution in [0.25, 0.3) is 0 Å². The van der Waals surface area contributed by atoms with Crippen LogP contribution in [-0.2, 0) is 11.3 Å². The van der Waals surface area contributed by atoms with Crippen LogP contribution in [0.1, 0.15) is 12.5 Å². The smallest absolute Gasteiger partial charge is 0.224 e.